The van der Waals surface area contributed by atoms with Gasteiger partial charge in [-0.15, -0.1) is 11.8 Å². The molecule has 0 unspecified atom stereocenters. The van der Waals surface area contributed by atoms with Crippen LogP contribution >= 0.6 is 11.8 Å². The molecule has 108 valence electrons. The van der Waals surface area contributed by atoms with E-state index in [0.29, 0.717) is 11.3 Å². The number of hydrogen-bond donors (Lipinski definition) is 0. The van der Waals surface area contributed by atoms with E-state index in [-0.39, 0.29) is 5.97 Å². The molecule has 1 aliphatic rings. The number of thioether (sulfide) groups is 1. The number of esters is 1. The number of fused-ring (bicyclic) bond motifs is 1. The highest BCUT2D eigenvalue weighted by atomic mass is 32.2. The molecule has 0 aliphatic carbocycles. The summed E-state index contributed by atoms with van der Waals surface area (Å²) in [7, 11) is 0. The molecule has 1 aliphatic heterocycles. The number of ether oxygens (including phenoxy) is 2. The minimum Gasteiger partial charge on any atom is -0.452 e. The van der Waals surface area contributed by atoms with Crippen molar-refractivity contribution in [1.82, 2.24) is 0 Å². The van der Waals surface area contributed by atoms with Crippen LogP contribution in [0, 0.1) is 0 Å². The van der Waals surface area contributed by atoms with Gasteiger partial charge in [-0.25, -0.2) is 4.79 Å². The first-order valence-corrected chi connectivity index (χ1v) is 7.92. The Bertz CT molecular complexity index is 707. The van der Waals surface area contributed by atoms with Gasteiger partial charge in [0.25, 0.3) is 0 Å². The molecule has 0 bridgehead atoms. The van der Waals surface area contributed by atoms with E-state index in [1.165, 1.54) is 0 Å². The normalized spacial score (nSPS) is 15.9. The fourth-order valence-electron chi connectivity index (χ4n) is 2.42. The van der Waals surface area contributed by atoms with Gasteiger partial charge < -0.3 is 9.47 Å². The van der Waals surface area contributed by atoms with E-state index in [1.807, 2.05) is 36.6 Å². The zero-order chi connectivity index (χ0) is 15.0. The lowest BCUT2D eigenvalue weighted by atomic mass is 9.98. The van der Waals surface area contributed by atoms with Gasteiger partial charge in [0.05, 0.1) is 0 Å². The average Bonchev–Trinajstić information content (AvgIpc) is 2.45. The topological polar surface area (TPSA) is 35.5 Å². The van der Waals surface area contributed by atoms with Crippen LogP contribution in [0.25, 0.3) is 11.1 Å². The Hall–Kier alpha value is -1.94. The van der Waals surface area contributed by atoms with Crippen LogP contribution in [0.3, 0.4) is 0 Å². The van der Waals surface area contributed by atoms with E-state index in [1.54, 1.807) is 31.7 Å². The van der Waals surface area contributed by atoms with Crippen LogP contribution in [0.4, 0.5) is 0 Å². The van der Waals surface area contributed by atoms with E-state index in [9.17, 15) is 4.79 Å². The van der Waals surface area contributed by atoms with Crippen LogP contribution in [0.15, 0.2) is 47.4 Å². The van der Waals surface area contributed by atoms with Crippen LogP contribution in [-0.2, 0) is 4.74 Å². The van der Waals surface area contributed by atoms with E-state index >= 15 is 0 Å². The zero-order valence-electron chi connectivity index (χ0n) is 12.2. The van der Waals surface area contributed by atoms with Gasteiger partial charge in [-0.05, 0) is 35.6 Å². The van der Waals surface area contributed by atoms with Gasteiger partial charge in [0.15, 0.2) is 0 Å². The summed E-state index contributed by atoms with van der Waals surface area (Å²) in [6.07, 6.45) is 2.03. The maximum atomic E-state index is 12.3. The standard InChI is InChI=1S/C17H16O3S/c1-17(2)19-14-9-5-8-13(15(14)16(18)20-17)11-6-4-7-12(10-11)21-3/h4-10H,1-3H3. The van der Waals surface area contributed by atoms with Crippen LogP contribution < -0.4 is 4.74 Å². The number of carbonyl (C=O) groups is 1. The maximum Gasteiger partial charge on any atom is 0.345 e. The van der Waals surface area contributed by atoms with Gasteiger partial charge in [0.2, 0.25) is 5.79 Å². The Kier molecular flexibility index (Phi) is 3.41. The molecule has 0 atom stereocenters. The lowest BCUT2D eigenvalue weighted by molar-refractivity contribution is -0.127. The van der Waals surface area contributed by atoms with Crippen molar-refractivity contribution in [2.24, 2.45) is 0 Å². The second-order valence-electron chi connectivity index (χ2n) is 5.30. The molecule has 3 rings (SSSR count). The summed E-state index contributed by atoms with van der Waals surface area (Å²) in [5, 5.41) is 0. The highest BCUT2D eigenvalue weighted by Gasteiger charge is 2.35. The third-order valence-electron chi connectivity index (χ3n) is 3.31. The maximum absolute atomic E-state index is 12.3. The molecule has 4 heteroatoms. The molecule has 0 saturated carbocycles. The number of rotatable bonds is 2. The molecule has 0 spiro atoms. The van der Waals surface area contributed by atoms with Crippen molar-refractivity contribution in [2.75, 3.05) is 6.26 Å². The second kappa shape index (κ2) is 5.11. The van der Waals surface area contributed by atoms with Crippen molar-refractivity contribution in [3.05, 3.63) is 48.0 Å². The molecule has 0 amide bonds. The first kappa shape index (κ1) is 14.0. The third kappa shape index (κ3) is 2.63. The lowest BCUT2D eigenvalue weighted by Gasteiger charge is -2.32. The summed E-state index contributed by atoms with van der Waals surface area (Å²) in [5.41, 5.74) is 2.32. The Balaban J connectivity index is 2.15. The van der Waals surface area contributed by atoms with Crippen molar-refractivity contribution < 1.29 is 14.3 Å². The fraction of sp³-hybridized carbons (Fsp3) is 0.235. The molecular weight excluding hydrogens is 284 g/mol. The predicted molar refractivity (Wildman–Crippen MR) is 83.8 cm³/mol. The van der Waals surface area contributed by atoms with Crippen LogP contribution in [0.2, 0.25) is 0 Å². The van der Waals surface area contributed by atoms with Crippen molar-refractivity contribution in [3.8, 4) is 16.9 Å². The van der Waals surface area contributed by atoms with E-state index < -0.39 is 5.79 Å². The molecular formula is C17H16O3S. The molecule has 3 nitrogen and oxygen atoms in total. The fourth-order valence-corrected chi connectivity index (χ4v) is 2.88. The Morgan fingerprint density at radius 2 is 1.81 bits per heavy atom. The number of carbonyl (C=O) groups excluding carboxylic acids is 1. The minimum atomic E-state index is -0.927. The van der Waals surface area contributed by atoms with Crippen LogP contribution in [0.1, 0.15) is 24.2 Å². The van der Waals surface area contributed by atoms with Gasteiger partial charge in [-0.2, -0.15) is 0 Å². The average molecular weight is 300 g/mol. The van der Waals surface area contributed by atoms with Crippen molar-refractivity contribution >= 4 is 17.7 Å². The number of benzene rings is 2. The number of hydrogen-bond acceptors (Lipinski definition) is 4. The highest BCUT2D eigenvalue weighted by molar-refractivity contribution is 7.98. The van der Waals surface area contributed by atoms with E-state index in [4.69, 9.17) is 9.47 Å². The molecule has 0 aromatic heterocycles. The first-order chi connectivity index (χ1) is 10.00. The molecule has 21 heavy (non-hydrogen) atoms. The second-order valence-corrected chi connectivity index (χ2v) is 6.18. The molecule has 1 heterocycles. The molecule has 2 aromatic rings. The van der Waals surface area contributed by atoms with E-state index in [0.717, 1.165) is 16.0 Å². The number of cyclic esters (lactones) is 1. The smallest absolute Gasteiger partial charge is 0.345 e. The minimum absolute atomic E-state index is 0.341. The van der Waals surface area contributed by atoms with Gasteiger partial charge in [-0.1, -0.05) is 24.3 Å². The zero-order valence-corrected chi connectivity index (χ0v) is 13.0. The molecule has 0 saturated heterocycles. The molecule has 2 aromatic carbocycles. The molecule has 0 N–H and O–H groups in total. The SMILES string of the molecule is CSc1cccc(-c2cccc3c2C(=O)OC(C)(C)O3)c1. The summed E-state index contributed by atoms with van der Waals surface area (Å²) in [6, 6.07) is 13.7. The quantitative estimate of drug-likeness (QED) is 0.610. The highest BCUT2D eigenvalue weighted by Crippen LogP contribution is 2.38. The summed E-state index contributed by atoms with van der Waals surface area (Å²) in [6.45, 7) is 3.46. The third-order valence-corrected chi connectivity index (χ3v) is 4.03. The van der Waals surface area contributed by atoms with Crippen LogP contribution in [0.5, 0.6) is 5.75 Å². The van der Waals surface area contributed by atoms with Gasteiger partial charge in [0, 0.05) is 18.7 Å². The first-order valence-electron chi connectivity index (χ1n) is 6.70. The van der Waals surface area contributed by atoms with Crippen molar-refractivity contribution in [2.45, 2.75) is 24.5 Å². The van der Waals surface area contributed by atoms with Crippen molar-refractivity contribution in [3.63, 3.8) is 0 Å². The monoisotopic (exact) mass is 300 g/mol. The Morgan fingerprint density at radius 1 is 1.05 bits per heavy atom. The van der Waals surface area contributed by atoms with Gasteiger partial charge in [-0.3, -0.25) is 0 Å². The Labute approximate surface area is 128 Å². The van der Waals surface area contributed by atoms with Crippen molar-refractivity contribution in [1.29, 1.82) is 0 Å². The Morgan fingerprint density at radius 3 is 2.57 bits per heavy atom. The summed E-state index contributed by atoms with van der Waals surface area (Å²) < 4.78 is 11.1. The summed E-state index contributed by atoms with van der Waals surface area (Å²) in [5.74, 6) is -0.696. The largest absolute Gasteiger partial charge is 0.452 e. The predicted octanol–water partition coefficient (Wildman–Crippen LogP) is 4.36. The van der Waals surface area contributed by atoms with Gasteiger partial charge in [0.1, 0.15) is 11.3 Å². The lowest BCUT2D eigenvalue weighted by Crippen LogP contribution is -2.39. The summed E-state index contributed by atoms with van der Waals surface area (Å²) in [4.78, 5) is 13.5. The molecule has 0 radical (unpaired) electrons. The summed E-state index contributed by atoms with van der Waals surface area (Å²) >= 11 is 1.67. The van der Waals surface area contributed by atoms with Gasteiger partial charge >= 0.3 is 5.97 Å². The van der Waals surface area contributed by atoms with Crippen LogP contribution in [-0.4, -0.2) is 18.0 Å². The van der Waals surface area contributed by atoms with E-state index in [2.05, 4.69) is 6.07 Å². The molecule has 0 fully saturated rings.